The number of carbonyl (C=O) groups is 1. The number of amides is 1. The van der Waals surface area contributed by atoms with Crippen molar-refractivity contribution in [1.29, 1.82) is 0 Å². The zero-order valence-corrected chi connectivity index (χ0v) is 13.3. The number of aromatic nitrogens is 2. The summed E-state index contributed by atoms with van der Waals surface area (Å²) in [6.07, 6.45) is 9.49. The van der Waals surface area contributed by atoms with Crippen molar-refractivity contribution in [1.82, 2.24) is 14.7 Å². The topological polar surface area (TPSA) is 38.1 Å². The van der Waals surface area contributed by atoms with Gasteiger partial charge in [-0.2, -0.15) is 5.10 Å². The molecule has 2 aliphatic rings. The van der Waals surface area contributed by atoms with Gasteiger partial charge in [0.05, 0.1) is 11.7 Å². The highest BCUT2D eigenvalue weighted by Crippen LogP contribution is 2.37. The third kappa shape index (κ3) is 2.52. The van der Waals surface area contributed by atoms with Gasteiger partial charge in [0.25, 0.3) is 0 Å². The van der Waals surface area contributed by atoms with Gasteiger partial charge >= 0.3 is 0 Å². The van der Waals surface area contributed by atoms with Crippen LogP contribution in [-0.2, 0) is 11.8 Å². The average molecular weight is 287 g/mol. The summed E-state index contributed by atoms with van der Waals surface area (Å²) in [6, 6.07) is 0.233. The minimum atomic E-state index is 0.188. The van der Waals surface area contributed by atoms with Gasteiger partial charge in [-0.15, -0.1) is 0 Å². The summed E-state index contributed by atoms with van der Waals surface area (Å²) in [6.45, 7) is 5.07. The molecule has 0 saturated carbocycles. The highest BCUT2D eigenvalue weighted by atomic mass is 16.2. The summed E-state index contributed by atoms with van der Waals surface area (Å²) >= 11 is 0. The Labute approximate surface area is 126 Å². The van der Waals surface area contributed by atoms with E-state index in [0.717, 1.165) is 44.3 Å². The van der Waals surface area contributed by atoms with Crippen molar-refractivity contribution in [3.63, 3.8) is 0 Å². The molecule has 4 nitrogen and oxygen atoms in total. The van der Waals surface area contributed by atoms with E-state index in [1.165, 1.54) is 11.3 Å². The summed E-state index contributed by atoms with van der Waals surface area (Å²) in [4.78, 5) is 15.0. The van der Waals surface area contributed by atoms with Gasteiger partial charge in [0.1, 0.15) is 0 Å². The molecule has 1 fully saturated rings. The van der Waals surface area contributed by atoms with Crippen LogP contribution >= 0.6 is 0 Å². The van der Waals surface area contributed by atoms with Crippen LogP contribution in [-0.4, -0.2) is 27.1 Å². The minimum Gasteiger partial charge on any atom is -0.335 e. The first kappa shape index (κ1) is 14.4. The number of carbonyl (C=O) groups excluding carboxylic acids is 1. The van der Waals surface area contributed by atoms with E-state index in [4.69, 9.17) is 0 Å². The van der Waals surface area contributed by atoms with Crippen molar-refractivity contribution >= 4 is 5.91 Å². The maximum Gasteiger partial charge on any atom is 0.226 e. The first-order chi connectivity index (χ1) is 10.1. The lowest BCUT2D eigenvalue weighted by Crippen LogP contribution is -2.36. The standard InChI is InChI=1S/C17H25N3O/c1-12-16(13(2)19(3)18-12)15-10-7-11-20(15)17(21)14-8-5-4-6-9-14/h4-5,14-15H,6-11H2,1-3H3/t14-,15+/m1/s1. The van der Waals surface area contributed by atoms with Gasteiger partial charge in [0.15, 0.2) is 0 Å². The van der Waals surface area contributed by atoms with Gasteiger partial charge in [0, 0.05) is 30.8 Å². The van der Waals surface area contributed by atoms with Crippen molar-refractivity contribution in [2.75, 3.05) is 6.54 Å². The normalized spacial score (nSPS) is 25.6. The zero-order valence-electron chi connectivity index (χ0n) is 13.3. The first-order valence-corrected chi connectivity index (χ1v) is 8.05. The van der Waals surface area contributed by atoms with E-state index in [2.05, 4.69) is 36.0 Å². The highest BCUT2D eigenvalue weighted by Gasteiger charge is 2.36. The Morgan fingerprint density at radius 3 is 2.71 bits per heavy atom. The zero-order chi connectivity index (χ0) is 15.0. The second-order valence-electron chi connectivity index (χ2n) is 6.38. The Morgan fingerprint density at radius 1 is 1.29 bits per heavy atom. The van der Waals surface area contributed by atoms with Crippen LogP contribution in [0, 0.1) is 19.8 Å². The number of nitrogens with zero attached hydrogens (tertiary/aromatic N) is 3. The fraction of sp³-hybridized carbons (Fsp3) is 0.647. The van der Waals surface area contributed by atoms with Gasteiger partial charge in [-0.1, -0.05) is 12.2 Å². The number of allylic oxidation sites excluding steroid dienone is 2. The summed E-state index contributed by atoms with van der Waals surface area (Å²) in [5.74, 6) is 0.539. The van der Waals surface area contributed by atoms with E-state index in [1.807, 2.05) is 11.7 Å². The fourth-order valence-electron chi connectivity index (χ4n) is 3.86. The van der Waals surface area contributed by atoms with Crippen LogP contribution in [0.5, 0.6) is 0 Å². The number of hydrogen-bond donors (Lipinski definition) is 0. The maximum atomic E-state index is 12.9. The molecular formula is C17H25N3O. The third-order valence-electron chi connectivity index (χ3n) is 5.05. The molecule has 3 rings (SSSR count). The average Bonchev–Trinajstić information content (AvgIpc) is 3.05. The van der Waals surface area contributed by atoms with Gasteiger partial charge in [0.2, 0.25) is 5.91 Å². The molecule has 0 radical (unpaired) electrons. The molecule has 4 heteroatoms. The molecule has 0 unspecified atom stereocenters. The van der Waals surface area contributed by atoms with Crippen molar-refractivity contribution in [3.8, 4) is 0 Å². The van der Waals surface area contributed by atoms with Crippen LogP contribution in [0.4, 0.5) is 0 Å². The second kappa shape index (κ2) is 5.66. The number of rotatable bonds is 2. The lowest BCUT2D eigenvalue weighted by atomic mass is 9.92. The molecule has 2 heterocycles. The lowest BCUT2D eigenvalue weighted by Gasteiger charge is -2.30. The van der Waals surface area contributed by atoms with Crippen molar-refractivity contribution in [3.05, 3.63) is 29.1 Å². The predicted octanol–water partition coefficient (Wildman–Crippen LogP) is 3.06. The third-order valence-corrected chi connectivity index (χ3v) is 5.05. The van der Waals surface area contributed by atoms with E-state index in [0.29, 0.717) is 5.91 Å². The monoisotopic (exact) mass is 287 g/mol. The summed E-state index contributed by atoms with van der Waals surface area (Å²) in [5, 5.41) is 4.53. The largest absolute Gasteiger partial charge is 0.335 e. The summed E-state index contributed by atoms with van der Waals surface area (Å²) in [7, 11) is 1.98. The molecule has 2 atom stereocenters. The van der Waals surface area contributed by atoms with Crippen LogP contribution in [0.3, 0.4) is 0 Å². The fourth-order valence-corrected chi connectivity index (χ4v) is 3.86. The van der Waals surface area contributed by atoms with Crippen LogP contribution in [0.2, 0.25) is 0 Å². The van der Waals surface area contributed by atoms with E-state index in [9.17, 15) is 4.79 Å². The van der Waals surface area contributed by atoms with Gasteiger partial charge in [-0.05, 0) is 46.0 Å². The molecule has 1 saturated heterocycles. The quantitative estimate of drug-likeness (QED) is 0.784. The number of likely N-dealkylation sites (tertiary alicyclic amines) is 1. The Kier molecular flexibility index (Phi) is 3.87. The predicted molar refractivity (Wildman–Crippen MR) is 82.9 cm³/mol. The summed E-state index contributed by atoms with van der Waals surface area (Å²) in [5.41, 5.74) is 3.54. The molecule has 21 heavy (non-hydrogen) atoms. The van der Waals surface area contributed by atoms with Crippen LogP contribution < -0.4 is 0 Å². The molecule has 1 amide bonds. The Balaban J connectivity index is 1.85. The van der Waals surface area contributed by atoms with E-state index >= 15 is 0 Å². The Hall–Kier alpha value is -1.58. The van der Waals surface area contributed by atoms with Crippen molar-refractivity contribution in [2.24, 2.45) is 13.0 Å². The van der Waals surface area contributed by atoms with E-state index in [-0.39, 0.29) is 12.0 Å². The smallest absolute Gasteiger partial charge is 0.226 e. The number of hydrogen-bond acceptors (Lipinski definition) is 2. The van der Waals surface area contributed by atoms with Gasteiger partial charge in [-0.25, -0.2) is 0 Å². The van der Waals surface area contributed by atoms with Crippen LogP contribution in [0.1, 0.15) is 55.1 Å². The molecule has 0 aromatic carbocycles. The molecule has 114 valence electrons. The molecule has 1 aliphatic heterocycles. The molecule has 1 aromatic heterocycles. The molecule has 1 aromatic rings. The Bertz CT molecular complexity index is 573. The van der Waals surface area contributed by atoms with E-state index in [1.54, 1.807) is 0 Å². The second-order valence-corrected chi connectivity index (χ2v) is 6.38. The first-order valence-electron chi connectivity index (χ1n) is 8.05. The van der Waals surface area contributed by atoms with Gasteiger partial charge in [-0.3, -0.25) is 9.48 Å². The van der Waals surface area contributed by atoms with E-state index < -0.39 is 0 Å². The minimum absolute atomic E-state index is 0.188. The summed E-state index contributed by atoms with van der Waals surface area (Å²) < 4.78 is 1.94. The van der Waals surface area contributed by atoms with Gasteiger partial charge < -0.3 is 4.90 Å². The molecule has 0 spiro atoms. The molecular weight excluding hydrogens is 262 g/mol. The maximum absolute atomic E-state index is 12.9. The highest BCUT2D eigenvalue weighted by molar-refractivity contribution is 5.80. The molecule has 0 N–H and O–H groups in total. The van der Waals surface area contributed by atoms with Crippen molar-refractivity contribution < 1.29 is 4.79 Å². The lowest BCUT2D eigenvalue weighted by molar-refractivity contribution is -0.136. The van der Waals surface area contributed by atoms with Crippen LogP contribution in [0.25, 0.3) is 0 Å². The van der Waals surface area contributed by atoms with Crippen molar-refractivity contribution in [2.45, 2.75) is 52.0 Å². The van der Waals surface area contributed by atoms with Crippen LogP contribution in [0.15, 0.2) is 12.2 Å². The SMILES string of the molecule is Cc1nn(C)c(C)c1[C@@H]1CCCN1C(=O)[C@@H]1CC=CCC1. The molecule has 1 aliphatic carbocycles. The Morgan fingerprint density at radius 2 is 2.10 bits per heavy atom. The number of aryl methyl sites for hydroxylation is 2. The molecule has 0 bridgehead atoms.